The summed E-state index contributed by atoms with van der Waals surface area (Å²) in [5, 5.41) is 11.8. The van der Waals surface area contributed by atoms with Crippen LogP contribution < -0.4 is 4.90 Å². The van der Waals surface area contributed by atoms with Gasteiger partial charge in [-0.15, -0.1) is 23.8 Å². The Kier molecular flexibility index (Phi) is 7.60. The Bertz CT molecular complexity index is 1820. The minimum absolute atomic E-state index is 0. The molecule has 5 aromatic rings. The van der Waals surface area contributed by atoms with Crippen LogP contribution in [0.1, 0.15) is 82.2 Å². The van der Waals surface area contributed by atoms with Gasteiger partial charge in [0.25, 0.3) is 0 Å². The van der Waals surface area contributed by atoms with Crippen LogP contribution in [0.2, 0.25) is 0 Å². The zero-order chi connectivity index (χ0) is 29.3. The molecule has 2 aromatic heterocycles. The summed E-state index contributed by atoms with van der Waals surface area (Å²) in [5.41, 5.74) is 10.2. The molecule has 0 aliphatic carbocycles. The van der Waals surface area contributed by atoms with E-state index in [9.17, 15) is 5.11 Å². The number of rotatable bonds is 3. The number of phenolic OH excluding ortho intramolecular Hbond substituents is 1. The molecule has 0 spiro atoms. The standard InChI is InChI=1S/C37H38N3O.Pt/c1-22(2)24-9-12-28-31(20-24)40(34-19-23(3)17-18-38-34)32-21-25(10-13-29(32)37(28,7)8)30-15-11-26-27(36(4,5)6)14-16-33(41)35(26)39-30;/h9-20,22,41H,1-8H3;/q-1;. The fourth-order valence-electron chi connectivity index (χ4n) is 6.09. The van der Waals surface area contributed by atoms with Crippen LogP contribution in [0.5, 0.6) is 5.75 Å². The Hall–Kier alpha value is -3.49. The Balaban J connectivity index is 0.00000353. The van der Waals surface area contributed by atoms with Gasteiger partial charge >= 0.3 is 0 Å². The third kappa shape index (κ3) is 4.94. The van der Waals surface area contributed by atoms with Gasteiger partial charge in [0.1, 0.15) is 17.1 Å². The van der Waals surface area contributed by atoms with Gasteiger partial charge in [0, 0.05) is 38.3 Å². The summed E-state index contributed by atoms with van der Waals surface area (Å²) in [6.07, 6.45) is 1.88. The molecule has 4 nitrogen and oxygen atoms in total. The average Bonchev–Trinajstić information content (AvgIpc) is 2.92. The van der Waals surface area contributed by atoms with Crippen LogP contribution in [-0.4, -0.2) is 15.1 Å². The van der Waals surface area contributed by atoms with Gasteiger partial charge in [0.2, 0.25) is 0 Å². The van der Waals surface area contributed by atoms with Gasteiger partial charge in [-0.1, -0.05) is 84.4 Å². The van der Waals surface area contributed by atoms with Crippen LogP contribution in [0.3, 0.4) is 0 Å². The van der Waals surface area contributed by atoms with Gasteiger partial charge in [0.15, 0.2) is 0 Å². The summed E-state index contributed by atoms with van der Waals surface area (Å²) < 4.78 is 0. The fourth-order valence-corrected chi connectivity index (χ4v) is 6.09. The third-order valence-corrected chi connectivity index (χ3v) is 8.47. The maximum absolute atomic E-state index is 10.8. The maximum Gasteiger partial charge on any atom is 0.140 e. The van der Waals surface area contributed by atoms with Crippen molar-refractivity contribution in [2.45, 2.75) is 72.1 Å². The molecule has 0 unspecified atom stereocenters. The molecule has 218 valence electrons. The number of nitrogens with zero attached hydrogens (tertiary/aromatic N) is 3. The van der Waals surface area contributed by atoms with Gasteiger partial charge in [-0.3, -0.25) is 4.98 Å². The van der Waals surface area contributed by atoms with E-state index in [1.807, 2.05) is 24.4 Å². The van der Waals surface area contributed by atoms with E-state index in [0.29, 0.717) is 11.4 Å². The van der Waals surface area contributed by atoms with E-state index in [4.69, 9.17) is 9.97 Å². The summed E-state index contributed by atoms with van der Waals surface area (Å²) in [4.78, 5) is 12.1. The topological polar surface area (TPSA) is 49.2 Å². The minimum atomic E-state index is -0.230. The second-order valence-corrected chi connectivity index (χ2v) is 13.2. The van der Waals surface area contributed by atoms with Crippen molar-refractivity contribution in [2.75, 3.05) is 4.90 Å². The molecule has 0 atom stereocenters. The molecule has 1 aliphatic heterocycles. The molecule has 42 heavy (non-hydrogen) atoms. The largest absolute Gasteiger partial charge is 0.506 e. The van der Waals surface area contributed by atoms with Crippen molar-refractivity contribution in [1.29, 1.82) is 0 Å². The van der Waals surface area contributed by atoms with Crippen molar-refractivity contribution in [3.8, 4) is 17.0 Å². The first kappa shape index (κ1) is 30.0. The SMILES string of the molecule is Cc1ccnc(N2c3[c-]c(-c4ccc5c(C(C)(C)C)ccc(O)c5n4)ccc3C(C)(C)c3ccc(C(C)C)cc32)c1.[Pt]. The van der Waals surface area contributed by atoms with Crippen molar-refractivity contribution >= 4 is 28.1 Å². The number of pyridine rings is 2. The molecule has 3 aromatic carbocycles. The third-order valence-electron chi connectivity index (χ3n) is 8.47. The second-order valence-electron chi connectivity index (χ2n) is 13.2. The molecule has 0 amide bonds. The molecule has 0 bridgehead atoms. The minimum Gasteiger partial charge on any atom is -0.506 e. The Morgan fingerprint density at radius 2 is 1.64 bits per heavy atom. The first-order valence-corrected chi connectivity index (χ1v) is 14.4. The summed E-state index contributed by atoms with van der Waals surface area (Å²) in [6, 6.07) is 27.0. The second kappa shape index (κ2) is 10.7. The molecule has 1 N–H and O–H groups in total. The van der Waals surface area contributed by atoms with Gasteiger partial charge in [-0.2, -0.15) is 0 Å². The average molecular weight is 736 g/mol. The summed E-state index contributed by atoms with van der Waals surface area (Å²) in [6.45, 7) is 17.7. The molecule has 0 radical (unpaired) electrons. The number of aromatic nitrogens is 2. The zero-order valence-corrected chi connectivity index (χ0v) is 27.9. The van der Waals surface area contributed by atoms with Crippen molar-refractivity contribution in [3.05, 3.63) is 107 Å². The monoisotopic (exact) mass is 735 g/mol. The van der Waals surface area contributed by atoms with E-state index in [1.165, 1.54) is 16.7 Å². The number of aryl methyl sites for hydroxylation is 1. The molecule has 3 heterocycles. The molecular weight excluding hydrogens is 698 g/mol. The molecule has 0 saturated heterocycles. The van der Waals surface area contributed by atoms with Crippen LogP contribution in [-0.2, 0) is 31.9 Å². The summed E-state index contributed by atoms with van der Waals surface area (Å²) in [7, 11) is 0. The van der Waals surface area contributed by atoms with E-state index in [1.54, 1.807) is 6.07 Å². The smallest absolute Gasteiger partial charge is 0.140 e. The normalized spacial score (nSPS) is 14.0. The molecular formula is C37H38N3OPt-. The van der Waals surface area contributed by atoms with E-state index in [-0.39, 0.29) is 37.6 Å². The molecule has 1 aliphatic rings. The molecule has 6 rings (SSSR count). The first-order chi connectivity index (χ1) is 19.4. The van der Waals surface area contributed by atoms with Crippen LogP contribution >= 0.6 is 0 Å². The number of hydrogen-bond acceptors (Lipinski definition) is 4. The van der Waals surface area contributed by atoms with E-state index in [2.05, 4.69) is 109 Å². The van der Waals surface area contributed by atoms with Crippen molar-refractivity contribution < 1.29 is 26.2 Å². The number of benzene rings is 3. The summed E-state index contributed by atoms with van der Waals surface area (Å²) in [5.74, 6) is 1.46. The predicted molar refractivity (Wildman–Crippen MR) is 170 cm³/mol. The molecule has 0 fully saturated rings. The summed E-state index contributed by atoms with van der Waals surface area (Å²) >= 11 is 0. The van der Waals surface area contributed by atoms with Crippen LogP contribution in [0, 0.1) is 13.0 Å². The van der Waals surface area contributed by atoms with Gasteiger partial charge in [0.05, 0.1) is 0 Å². The molecule has 5 heteroatoms. The number of fused-ring (bicyclic) bond motifs is 3. The Labute approximate surface area is 264 Å². The van der Waals surface area contributed by atoms with Gasteiger partial charge in [-0.05, 0) is 81.6 Å². The fraction of sp³-hybridized carbons (Fsp3) is 0.297. The van der Waals surface area contributed by atoms with E-state index < -0.39 is 0 Å². The van der Waals surface area contributed by atoms with Gasteiger partial charge in [-0.25, -0.2) is 4.98 Å². The predicted octanol–water partition coefficient (Wildman–Crippen LogP) is 9.64. The van der Waals surface area contributed by atoms with Crippen LogP contribution in [0.15, 0.2) is 72.9 Å². The quantitative estimate of drug-likeness (QED) is 0.188. The zero-order valence-electron chi connectivity index (χ0n) is 25.6. The number of phenols is 1. The van der Waals surface area contributed by atoms with Crippen LogP contribution in [0.25, 0.3) is 22.2 Å². The molecule has 0 saturated carbocycles. The van der Waals surface area contributed by atoms with Crippen LogP contribution in [0.4, 0.5) is 17.2 Å². The number of aromatic hydroxyl groups is 1. The van der Waals surface area contributed by atoms with Crippen molar-refractivity contribution in [1.82, 2.24) is 9.97 Å². The van der Waals surface area contributed by atoms with E-state index in [0.717, 1.165) is 45.0 Å². The number of anilines is 3. The maximum atomic E-state index is 10.8. The van der Waals surface area contributed by atoms with Gasteiger partial charge < -0.3 is 10.0 Å². The van der Waals surface area contributed by atoms with Crippen molar-refractivity contribution in [2.24, 2.45) is 0 Å². The first-order valence-electron chi connectivity index (χ1n) is 14.4. The number of hydrogen-bond donors (Lipinski definition) is 1. The Morgan fingerprint density at radius 3 is 2.33 bits per heavy atom. The van der Waals surface area contributed by atoms with E-state index >= 15 is 0 Å². The Morgan fingerprint density at radius 1 is 0.905 bits per heavy atom. The van der Waals surface area contributed by atoms with Crippen molar-refractivity contribution in [3.63, 3.8) is 0 Å².